The molecule has 1 heterocycles. The second kappa shape index (κ2) is 11.9. The standard InChI is InChI=1S/C26H36O2S/c1-5-7-8-12-21-17-24(27)23(26(28)25(21)22-15-16-29-18-22)14-13-20(4)11-9-10-19(3)6-2/h10,13,15-18,27-28H,5-9,11-12,14H2,1-4H3/b19-10+,20-13+. The second-order valence-electron chi connectivity index (χ2n) is 7.92. The number of rotatable bonds is 11. The van der Waals surface area contributed by atoms with E-state index >= 15 is 0 Å². The van der Waals surface area contributed by atoms with Crippen LogP contribution in [0.25, 0.3) is 11.1 Å². The number of hydrogen-bond acceptors (Lipinski definition) is 3. The van der Waals surface area contributed by atoms with Crippen LogP contribution in [0, 0.1) is 0 Å². The first-order valence-electron chi connectivity index (χ1n) is 10.9. The molecule has 2 aromatic rings. The topological polar surface area (TPSA) is 40.5 Å². The number of unbranched alkanes of at least 4 members (excludes halogenated alkanes) is 2. The molecule has 3 heteroatoms. The van der Waals surface area contributed by atoms with E-state index in [2.05, 4.69) is 45.2 Å². The normalized spacial score (nSPS) is 12.6. The predicted octanol–water partition coefficient (Wildman–Crippen LogP) is 8.18. The highest BCUT2D eigenvalue weighted by Crippen LogP contribution is 2.42. The molecule has 0 bridgehead atoms. The summed E-state index contributed by atoms with van der Waals surface area (Å²) in [6.45, 7) is 8.66. The molecule has 0 aliphatic carbocycles. The molecule has 0 saturated heterocycles. The average Bonchev–Trinajstić information content (AvgIpc) is 3.22. The van der Waals surface area contributed by atoms with E-state index in [1.54, 1.807) is 11.3 Å². The smallest absolute Gasteiger partial charge is 0.130 e. The highest BCUT2D eigenvalue weighted by Gasteiger charge is 2.18. The zero-order chi connectivity index (χ0) is 21.2. The van der Waals surface area contributed by atoms with Crippen LogP contribution in [0.5, 0.6) is 11.5 Å². The molecule has 0 amide bonds. The molecule has 2 rings (SSSR count). The van der Waals surface area contributed by atoms with Crippen LogP contribution < -0.4 is 0 Å². The number of aromatic hydroxyl groups is 2. The van der Waals surface area contributed by atoms with E-state index in [0.717, 1.165) is 61.6 Å². The molecule has 158 valence electrons. The highest BCUT2D eigenvalue weighted by atomic mass is 32.1. The molecule has 1 aromatic carbocycles. The fraction of sp³-hybridized carbons (Fsp3) is 0.462. The summed E-state index contributed by atoms with van der Waals surface area (Å²) < 4.78 is 0. The van der Waals surface area contributed by atoms with Crippen LogP contribution in [0.3, 0.4) is 0 Å². The summed E-state index contributed by atoms with van der Waals surface area (Å²) in [4.78, 5) is 0. The molecular weight excluding hydrogens is 376 g/mol. The maximum atomic E-state index is 11.1. The van der Waals surface area contributed by atoms with Gasteiger partial charge in [-0.2, -0.15) is 11.3 Å². The van der Waals surface area contributed by atoms with Gasteiger partial charge < -0.3 is 10.2 Å². The van der Waals surface area contributed by atoms with Crippen molar-refractivity contribution >= 4 is 11.3 Å². The fourth-order valence-corrected chi connectivity index (χ4v) is 4.16. The van der Waals surface area contributed by atoms with Gasteiger partial charge in [-0.05, 0) is 86.4 Å². The summed E-state index contributed by atoms with van der Waals surface area (Å²) >= 11 is 1.63. The zero-order valence-electron chi connectivity index (χ0n) is 18.4. The molecule has 29 heavy (non-hydrogen) atoms. The SMILES string of the molecule is CCCCCc1cc(O)c(C/C=C(\C)CC/C=C(\C)CC)c(O)c1-c1ccsc1. The first-order valence-corrected chi connectivity index (χ1v) is 11.8. The number of hydrogen-bond donors (Lipinski definition) is 2. The van der Waals surface area contributed by atoms with Crippen molar-refractivity contribution in [3.63, 3.8) is 0 Å². The van der Waals surface area contributed by atoms with Crippen molar-refractivity contribution in [2.45, 2.75) is 79.1 Å². The van der Waals surface area contributed by atoms with E-state index in [1.807, 2.05) is 17.5 Å². The quantitative estimate of drug-likeness (QED) is 0.288. The van der Waals surface area contributed by atoms with Crippen LogP contribution in [-0.4, -0.2) is 10.2 Å². The van der Waals surface area contributed by atoms with Crippen molar-refractivity contribution in [2.75, 3.05) is 0 Å². The van der Waals surface area contributed by atoms with E-state index in [4.69, 9.17) is 0 Å². The lowest BCUT2D eigenvalue weighted by molar-refractivity contribution is 0.440. The maximum Gasteiger partial charge on any atom is 0.130 e. The third-order valence-electron chi connectivity index (χ3n) is 5.57. The summed E-state index contributed by atoms with van der Waals surface area (Å²) in [5.74, 6) is 0.444. The lowest BCUT2D eigenvalue weighted by atomic mass is 9.92. The van der Waals surface area contributed by atoms with Crippen molar-refractivity contribution in [3.8, 4) is 22.6 Å². The summed E-state index contributed by atoms with van der Waals surface area (Å²) in [6, 6.07) is 3.92. The van der Waals surface area contributed by atoms with Gasteiger partial charge in [0.1, 0.15) is 11.5 Å². The van der Waals surface area contributed by atoms with E-state index in [9.17, 15) is 10.2 Å². The first kappa shape index (κ1) is 23.3. The maximum absolute atomic E-state index is 11.1. The lowest BCUT2D eigenvalue weighted by Gasteiger charge is -2.16. The van der Waals surface area contributed by atoms with Crippen molar-refractivity contribution in [3.05, 3.63) is 57.3 Å². The number of thiophene rings is 1. The Morgan fingerprint density at radius 1 is 1.07 bits per heavy atom. The van der Waals surface area contributed by atoms with Gasteiger partial charge in [-0.1, -0.05) is 50.0 Å². The van der Waals surface area contributed by atoms with Gasteiger partial charge >= 0.3 is 0 Å². The van der Waals surface area contributed by atoms with Crippen LogP contribution in [0.1, 0.15) is 77.3 Å². The Labute approximate surface area is 180 Å². The highest BCUT2D eigenvalue weighted by molar-refractivity contribution is 7.08. The Kier molecular flexibility index (Phi) is 9.53. The molecular formula is C26H36O2S. The van der Waals surface area contributed by atoms with Gasteiger partial charge in [0.25, 0.3) is 0 Å². The van der Waals surface area contributed by atoms with Gasteiger partial charge in [0, 0.05) is 11.1 Å². The number of phenolic OH excluding ortho intramolecular Hbond substituents is 2. The molecule has 0 aliphatic rings. The van der Waals surface area contributed by atoms with Gasteiger partial charge in [0.15, 0.2) is 0 Å². The van der Waals surface area contributed by atoms with Crippen molar-refractivity contribution < 1.29 is 10.2 Å². The van der Waals surface area contributed by atoms with Crippen molar-refractivity contribution in [2.24, 2.45) is 0 Å². The minimum atomic E-state index is 0.207. The van der Waals surface area contributed by atoms with Crippen molar-refractivity contribution in [1.29, 1.82) is 0 Å². The predicted molar refractivity (Wildman–Crippen MR) is 127 cm³/mol. The number of phenols is 2. The molecule has 0 fully saturated rings. The Morgan fingerprint density at radius 3 is 2.52 bits per heavy atom. The van der Waals surface area contributed by atoms with Gasteiger partial charge in [-0.3, -0.25) is 0 Å². The largest absolute Gasteiger partial charge is 0.508 e. The van der Waals surface area contributed by atoms with E-state index in [-0.39, 0.29) is 11.5 Å². The second-order valence-corrected chi connectivity index (χ2v) is 8.70. The molecule has 0 atom stereocenters. The molecule has 1 aromatic heterocycles. The van der Waals surface area contributed by atoms with Crippen LogP contribution in [0.2, 0.25) is 0 Å². The zero-order valence-corrected chi connectivity index (χ0v) is 19.2. The minimum Gasteiger partial charge on any atom is -0.508 e. The molecule has 2 N–H and O–H groups in total. The third-order valence-corrected chi connectivity index (χ3v) is 6.25. The van der Waals surface area contributed by atoms with Gasteiger partial charge in [-0.25, -0.2) is 0 Å². The number of benzene rings is 1. The molecule has 0 unspecified atom stereocenters. The van der Waals surface area contributed by atoms with Crippen molar-refractivity contribution in [1.82, 2.24) is 0 Å². The molecule has 0 spiro atoms. The van der Waals surface area contributed by atoms with E-state index in [0.29, 0.717) is 12.0 Å². The number of aryl methyl sites for hydroxylation is 1. The Bertz CT molecular complexity index is 829. The molecule has 0 aliphatic heterocycles. The Balaban J connectivity index is 2.26. The summed E-state index contributed by atoms with van der Waals surface area (Å²) in [7, 11) is 0. The van der Waals surface area contributed by atoms with Crippen LogP contribution in [0.4, 0.5) is 0 Å². The first-order chi connectivity index (χ1) is 14.0. The Hall–Kier alpha value is -2.00. The summed E-state index contributed by atoms with van der Waals surface area (Å²) in [6.07, 6.45) is 12.4. The van der Waals surface area contributed by atoms with Gasteiger partial charge in [0.05, 0.1) is 0 Å². The summed E-state index contributed by atoms with van der Waals surface area (Å²) in [5, 5.41) is 25.8. The molecule has 2 nitrogen and oxygen atoms in total. The monoisotopic (exact) mass is 412 g/mol. The van der Waals surface area contributed by atoms with Gasteiger partial charge in [-0.15, -0.1) is 0 Å². The van der Waals surface area contributed by atoms with Crippen LogP contribution in [-0.2, 0) is 12.8 Å². The summed E-state index contributed by atoms with van der Waals surface area (Å²) in [5.41, 5.74) is 6.31. The lowest BCUT2D eigenvalue weighted by Crippen LogP contribution is -1.96. The third kappa shape index (κ3) is 6.78. The Morgan fingerprint density at radius 2 is 1.86 bits per heavy atom. The van der Waals surface area contributed by atoms with Gasteiger partial charge in [0.2, 0.25) is 0 Å². The van der Waals surface area contributed by atoms with Crippen LogP contribution >= 0.6 is 11.3 Å². The molecule has 0 radical (unpaired) electrons. The average molecular weight is 413 g/mol. The minimum absolute atomic E-state index is 0.207. The number of allylic oxidation sites excluding steroid dienone is 4. The fourth-order valence-electron chi connectivity index (χ4n) is 3.51. The molecule has 0 saturated carbocycles. The van der Waals surface area contributed by atoms with E-state index < -0.39 is 0 Å². The van der Waals surface area contributed by atoms with E-state index in [1.165, 1.54) is 11.1 Å². The van der Waals surface area contributed by atoms with Crippen LogP contribution in [0.15, 0.2) is 46.2 Å².